The van der Waals surface area contributed by atoms with Gasteiger partial charge in [-0.3, -0.25) is 4.57 Å². The van der Waals surface area contributed by atoms with Crippen LogP contribution in [0.3, 0.4) is 0 Å². The number of fused-ring (bicyclic) bond motifs is 1. The minimum Gasteiger partial charge on any atom is -0.508 e. The van der Waals surface area contributed by atoms with E-state index in [-0.39, 0.29) is 18.2 Å². The number of ether oxygens (including phenoxy) is 1. The molecule has 8 heteroatoms. The summed E-state index contributed by atoms with van der Waals surface area (Å²) in [5.74, 6) is 0.268. The van der Waals surface area contributed by atoms with Crippen molar-refractivity contribution in [1.29, 1.82) is 0 Å². The first-order chi connectivity index (χ1) is 8.70. The Morgan fingerprint density at radius 3 is 2.94 bits per heavy atom. The van der Waals surface area contributed by atoms with E-state index in [1.165, 1.54) is 23.3 Å². The summed E-state index contributed by atoms with van der Waals surface area (Å²) in [5.41, 5.74) is 6.58. The van der Waals surface area contributed by atoms with Crippen molar-refractivity contribution in [3.8, 4) is 0 Å². The number of nitrogens with two attached hydrogens (primary N) is 1. The van der Waals surface area contributed by atoms with Crippen LogP contribution >= 0.6 is 0 Å². The second-order valence-corrected chi connectivity index (χ2v) is 3.88. The van der Waals surface area contributed by atoms with Crippen molar-refractivity contribution < 1.29 is 14.9 Å². The maximum atomic E-state index is 9.79. The zero-order valence-corrected chi connectivity index (χ0v) is 9.26. The lowest BCUT2D eigenvalue weighted by molar-refractivity contribution is -0.0233. The lowest BCUT2D eigenvalue weighted by atomic mass is 10.3. The number of aliphatic hydroxyl groups excluding tert-OH is 2. The number of aromatic nitrogens is 4. The molecule has 0 spiro atoms. The largest absolute Gasteiger partial charge is 0.508 e. The number of hydrogen-bond acceptors (Lipinski definition) is 7. The quantitative estimate of drug-likeness (QED) is 0.670. The SMILES string of the molecule is Nc1ncnc2c1ncn2[C@@H]1O[C@H](CO)C=C1O. The fourth-order valence-electron chi connectivity index (χ4n) is 1.89. The molecule has 3 rings (SSSR count). The van der Waals surface area contributed by atoms with Gasteiger partial charge in [-0.05, 0) is 6.08 Å². The Bertz CT molecular complexity index is 623. The molecule has 0 saturated carbocycles. The highest BCUT2D eigenvalue weighted by Gasteiger charge is 2.29. The van der Waals surface area contributed by atoms with Gasteiger partial charge in [-0.25, -0.2) is 15.0 Å². The summed E-state index contributed by atoms with van der Waals surface area (Å²) in [6.07, 6.45) is 2.94. The van der Waals surface area contributed by atoms with Gasteiger partial charge in [0.15, 0.2) is 17.7 Å². The molecular weight excluding hydrogens is 238 g/mol. The molecule has 1 aliphatic heterocycles. The molecule has 2 aromatic heterocycles. The van der Waals surface area contributed by atoms with Crippen LogP contribution in [-0.2, 0) is 4.74 Å². The summed E-state index contributed by atoms with van der Waals surface area (Å²) in [5, 5.41) is 18.8. The molecule has 94 valence electrons. The van der Waals surface area contributed by atoms with E-state index in [0.29, 0.717) is 11.2 Å². The van der Waals surface area contributed by atoms with Crippen LogP contribution in [0.5, 0.6) is 0 Å². The minimum atomic E-state index is -0.749. The molecule has 3 heterocycles. The molecule has 4 N–H and O–H groups in total. The predicted octanol–water partition coefficient (Wildman–Crippen LogP) is -0.260. The highest BCUT2D eigenvalue weighted by molar-refractivity contribution is 5.81. The molecular formula is C10H11N5O3. The average molecular weight is 249 g/mol. The molecule has 0 radical (unpaired) electrons. The lowest BCUT2D eigenvalue weighted by Crippen LogP contribution is -2.16. The van der Waals surface area contributed by atoms with Crippen LogP contribution in [0.2, 0.25) is 0 Å². The topological polar surface area (TPSA) is 119 Å². The predicted molar refractivity (Wildman–Crippen MR) is 61.4 cm³/mol. The summed E-state index contributed by atoms with van der Waals surface area (Å²) in [6.45, 7) is -0.204. The Kier molecular flexibility index (Phi) is 2.39. The first-order valence-electron chi connectivity index (χ1n) is 5.30. The van der Waals surface area contributed by atoms with Crippen molar-refractivity contribution in [2.75, 3.05) is 12.3 Å². The molecule has 0 saturated heterocycles. The second-order valence-electron chi connectivity index (χ2n) is 3.88. The minimum absolute atomic E-state index is 0.00512. The van der Waals surface area contributed by atoms with Crippen LogP contribution in [0.15, 0.2) is 24.5 Å². The van der Waals surface area contributed by atoms with Gasteiger partial charge in [-0.15, -0.1) is 0 Å². The molecule has 0 unspecified atom stereocenters. The summed E-state index contributed by atoms with van der Waals surface area (Å²) in [7, 11) is 0. The van der Waals surface area contributed by atoms with Crippen LogP contribution in [0.25, 0.3) is 11.2 Å². The van der Waals surface area contributed by atoms with E-state index in [2.05, 4.69) is 15.0 Å². The second kappa shape index (κ2) is 3.93. The van der Waals surface area contributed by atoms with Gasteiger partial charge in [0.05, 0.1) is 12.9 Å². The summed E-state index contributed by atoms with van der Waals surface area (Å²) < 4.78 is 6.98. The van der Waals surface area contributed by atoms with Gasteiger partial charge >= 0.3 is 0 Å². The molecule has 1 aliphatic rings. The fraction of sp³-hybridized carbons (Fsp3) is 0.300. The highest BCUT2D eigenvalue weighted by Crippen LogP contribution is 2.29. The number of rotatable bonds is 2. The van der Waals surface area contributed by atoms with Gasteiger partial charge in [0.1, 0.15) is 23.7 Å². The molecule has 0 aliphatic carbocycles. The number of nitrogens with zero attached hydrogens (tertiary/aromatic N) is 4. The Morgan fingerprint density at radius 2 is 2.22 bits per heavy atom. The van der Waals surface area contributed by atoms with Gasteiger partial charge in [0.25, 0.3) is 0 Å². The van der Waals surface area contributed by atoms with E-state index in [1.807, 2.05) is 0 Å². The van der Waals surface area contributed by atoms with E-state index < -0.39 is 12.3 Å². The molecule has 8 nitrogen and oxygen atoms in total. The van der Waals surface area contributed by atoms with Crippen LogP contribution in [-0.4, -0.2) is 42.4 Å². The van der Waals surface area contributed by atoms with E-state index >= 15 is 0 Å². The standard InChI is InChI=1S/C10H11N5O3/c11-8-7-9(13-3-12-8)15(4-14-7)10-6(17)1-5(2-16)18-10/h1,3-5,10,16-17H,2H2,(H2,11,12,13)/t5-,10+/m0/s1. The zero-order valence-electron chi connectivity index (χ0n) is 9.26. The fourth-order valence-corrected chi connectivity index (χ4v) is 1.89. The normalized spacial score (nSPS) is 23.5. The lowest BCUT2D eigenvalue weighted by Gasteiger charge is -2.14. The van der Waals surface area contributed by atoms with Crippen molar-refractivity contribution >= 4 is 17.0 Å². The molecule has 0 bridgehead atoms. The van der Waals surface area contributed by atoms with Crippen LogP contribution in [0.1, 0.15) is 6.23 Å². The van der Waals surface area contributed by atoms with Gasteiger partial charge in [-0.2, -0.15) is 0 Å². The van der Waals surface area contributed by atoms with E-state index in [4.69, 9.17) is 15.6 Å². The highest BCUT2D eigenvalue weighted by atomic mass is 16.5. The van der Waals surface area contributed by atoms with E-state index in [0.717, 1.165) is 0 Å². The third-order valence-corrected chi connectivity index (χ3v) is 2.73. The van der Waals surface area contributed by atoms with E-state index in [1.54, 1.807) is 0 Å². The van der Waals surface area contributed by atoms with Crippen LogP contribution in [0, 0.1) is 0 Å². The Balaban J connectivity index is 2.06. The van der Waals surface area contributed by atoms with Crippen LogP contribution < -0.4 is 5.73 Å². The van der Waals surface area contributed by atoms with Crippen molar-refractivity contribution in [3.63, 3.8) is 0 Å². The monoisotopic (exact) mass is 249 g/mol. The molecule has 0 fully saturated rings. The molecule has 18 heavy (non-hydrogen) atoms. The van der Waals surface area contributed by atoms with Crippen molar-refractivity contribution in [1.82, 2.24) is 19.5 Å². The maximum absolute atomic E-state index is 9.79. The van der Waals surface area contributed by atoms with Gasteiger partial charge in [-0.1, -0.05) is 0 Å². The third kappa shape index (κ3) is 1.50. The number of aliphatic hydroxyl groups is 2. The average Bonchev–Trinajstić information content (AvgIpc) is 2.93. The van der Waals surface area contributed by atoms with Crippen molar-refractivity contribution in [2.45, 2.75) is 12.3 Å². The zero-order chi connectivity index (χ0) is 12.7. The van der Waals surface area contributed by atoms with Crippen molar-refractivity contribution in [2.24, 2.45) is 0 Å². The number of imidazole rings is 1. The van der Waals surface area contributed by atoms with E-state index in [9.17, 15) is 5.11 Å². The smallest absolute Gasteiger partial charge is 0.194 e. The molecule has 0 amide bonds. The number of nitrogen functional groups attached to an aromatic ring is 1. The first-order valence-corrected chi connectivity index (χ1v) is 5.30. The number of hydrogen-bond donors (Lipinski definition) is 3. The third-order valence-electron chi connectivity index (χ3n) is 2.73. The Morgan fingerprint density at radius 1 is 1.39 bits per heavy atom. The Labute approximate surface area is 101 Å². The number of anilines is 1. The molecule has 0 aromatic carbocycles. The van der Waals surface area contributed by atoms with Gasteiger partial charge in [0.2, 0.25) is 0 Å². The Hall–Kier alpha value is -2.19. The van der Waals surface area contributed by atoms with Crippen LogP contribution in [0.4, 0.5) is 5.82 Å². The molecule has 2 aromatic rings. The van der Waals surface area contributed by atoms with Gasteiger partial charge in [0, 0.05) is 0 Å². The first kappa shape index (κ1) is 10.9. The summed E-state index contributed by atoms with van der Waals surface area (Å²) in [6, 6.07) is 0. The van der Waals surface area contributed by atoms with Gasteiger partial charge < -0.3 is 20.7 Å². The maximum Gasteiger partial charge on any atom is 0.194 e. The summed E-state index contributed by atoms with van der Waals surface area (Å²) >= 11 is 0. The summed E-state index contributed by atoms with van der Waals surface area (Å²) in [4.78, 5) is 12.0. The van der Waals surface area contributed by atoms with Crippen molar-refractivity contribution in [3.05, 3.63) is 24.5 Å². The molecule has 2 atom stereocenters.